The van der Waals surface area contributed by atoms with Crippen molar-refractivity contribution < 1.29 is 4.79 Å². The number of rotatable bonds is 5. The Labute approximate surface area is 106 Å². The number of nitrogens with two attached hydrogens (primary N) is 1. The van der Waals surface area contributed by atoms with E-state index >= 15 is 0 Å². The summed E-state index contributed by atoms with van der Waals surface area (Å²) in [7, 11) is 0. The first-order chi connectivity index (χ1) is 7.99. The normalized spacial score (nSPS) is 25.6. The SMILES string of the molecule is CCC1CCC(NC(=O)C(C)(C)CCN)CC1. The van der Waals surface area contributed by atoms with Gasteiger partial charge in [0.15, 0.2) is 0 Å². The Morgan fingerprint density at radius 2 is 1.88 bits per heavy atom. The summed E-state index contributed by atoms with van der Waals surface area (Å²) < 4.78 is 0. The molecule has 17 heavy (non-hydrogen) atoms. The highest BCUT2D eigenvalue weighted by Gasteiger charge is 2.29. The largest absolute Gasteiger partial charge is 0.353 e. The van der Waals surface area contributed by atoms with Crippen LogP contribution in [0.25, 0.3) is 0 Å². The third kappa shape index (κ3) is 4.30. The molecule has 0 bridgehead atoms. The lowest BCUT2D eigenvalue weighted by molar-refractivity contribution is -0.130. The number of hydrogen-bond donors (Lipinski definition) is 2. The molecule has 1 rings (SSSR count). The molecule has 3 heteroatoms. The van der Waals surface area contributed by atoms with Gasteiger partial charge in [0.1, 0.15) is 0 Å². The van der Waals surface area contributed by atoms with E-state index in [0.29, 0.717) is 12.6 Å². The molecule has 1 amide bonds. The summed E-state index contributed by atoms with van der Waals surface area (Å²) in [6.45, 7) is 6.79. The summed E-state index contributed by atoms with van der Waals surface area (Å²) in [6.07, 6.45) is 6.84. The Balaban J connectivity index is 2.37. The Bertz CT molecular complexity index is 243. The molecule has 100 valence electrons. The molecule has 3 nitrogen and oxygen atoms in total. The Morgan fingerprint density at radius 1 is 1.29 bits per heavy atom. The highest BCUT2D eigenvalue weighted by atomic mass is 16.2. The van der Waals surface area contributed by atoms with Crippen LogP contribution < -0.4 is 11.1 Å². The maximum absolute atomic E-state index is 12.1. The Morgan fingerprint density at radius 3 is 2.35 bits per heavy atom. The smallest absolute Gasteiger partial charge is 0.225 e. The average Bonchev–Trinajstić information content (AvgIpc) is 2.30. The van der Waals surface area contributed by atoms with Gasteiger partial charge in [-0.15, -0.1) is 0 Å². The van der Waals surface area contributed by atoms with E-state index in [0.717, 1.165) is 25.2 Å². The third-order valence-corrected chi connectivity index (χ3v) is 4.14. The predicted molar refractivity (Wildman–Crippen MR) is 71.6 cm³/mol. The average molecular weight is 240 g/mol. The molecule has 0 radical (unpaired) electrons. The maximum Gasteiger partial charge on any atom is 0.225 e. The van der Waals surface area contributed by atoms with Gasteiger partial charge in [-0.25, -0.2) is 0 Å². The van der Waals surface area contributed by atoms with Crippen molar-refractivity contribution in [3.05, 3.63) is 0 Å². The van der Waals surface area contributed by atoms with Gasteiger partial charge in [-0.3, -0.25) is 4.79 Å². The first-order valence-corrected chi connectivity index (χ1v) is 7.00. The van der Waals surface area contributed by atoms with Crippen LogP contribution in [0.1, 0.15) is 59.3 Å². The van der Waals surface area contributed by atoms with E-state index in [9.17, 15) is 4.79 Å². The van der Waals surface area contributed by atoms with Crippen LogP contribution in [0.15, 0.2) is 0 Å². The van der Waals surface area contributed by atoms with Gasteiger partial charge in [0, 0.05) is 11.5 Å². The molecule has 0 aromatic rings. The molecule has 0 saturated heterocycles. The number of carbonyl (C=O) groups excluding carboxylic acids is 1. The van der Waals surface area contributed by atoms with Crippen molar-refractivity contribution in [3.63, 3.8) is 0 Å². The first kappa shape index (κ1) is 14.5. The molecule has 0 atom stereocenters. The molecule has 0 spiro atoms. The fourth-order valence-corrected chi connectivity index (χ4v) is 2.57. The van der Waals surface area contributed by atoms with Gasteiger partial charge in [0.2, 0.25) is 5.91 Å². The molecule has 3 N–H and O–H groups in total. The molecule has 0 aromatic carbocycles. The molecular formula is C14H28N2O. The number of amides is 1. The summed E-state index contributed by atoms with van der Waals surface area (Å²) >= 11 is 0. The summed E-state index contributed by atoms with van der Waals surface area (Å²) in [5.74, 6) is 1.04. The van der Waals surface area contributed by atoms with Crippen molar-refractivity contribution in [2.24, 2.45) is 17.1 Å². The zero-order valence-corrected chi connectivity index (χ0v) is 11.6. The molecule has 1 aliphatic rings. The van der Waals surface area contributed by atoms with Gasteiger partial charge in [0.05, 0.1) is 0 Å². The standard InChI is InChI=1S/C14H28N2O/c1-4-11-5-7-12(8-6-11)16-13(17)14(2,3)9-10-15/h11-12H,4-10,15H2,1-3H3,(H,16,17). The predicted octanol–water partition coefficient (Wildman–Crippen LogP) is 2.45. The number of hydrogen-bond acceptors (Lipinski definition) is 2. The van der Waals surface area contributed by atoms with Crippen LogP contribution in [0.5, 0.6) is 0 Å². The Hall–Kier alpha value is -0.570. The fourth-order valence-electron chi connectivity index (χ4n) is 2.57. The fraction of sp³-hybridized carbons (Fsp3) is 0.929. The summed E-state index contributed by atoms with van der Waals surface area (Å²) in [6, 6.07) is 0.391. The van der Waals surface area contributed by atoms with Gasteiger partial charge in [-0.05, 0) is 44.6 Å². The van der Waals surface area contributed by atoms with Crippen molar-refractivity contribution in [2.45, 2.75) is 65.3 Å². The van der Waals surface area contributed by atoms with Crippen LogP contribution in [0.4, 0.5) is 0 Å². The second kappa shape index (κ2) is 6.39. The molecule has 1 fully saturated rings. The summed E-state index contributed by atoms with van der Waals surface area (Å²) in [5, 5.41) is 3.19. The third-order valence-electron chi connectivity index (χ3n) is 4.14. The van der Waals surface area contributed by atoms with Gasteiger partial charge in [0.25, 0.3) is 0 Å². The molecule has 0 heterocycles. The summed E-state index contributed by atoms with van der Waals surface area (Å²) in [4.78, 5) is 12.1. The van der Waals surface area contributed by atoms with Crippen LogP contribution in [-0.4, -0.2) is 18.5 Å². The van der Waals surface area contributed by atoms with Crippen LogP contribution in [-0.2, 0) is 4.79 Å². The van der Waals surface area contributed by atoms with Crippen molar-refractivity contribution in [1.82, 2.24) is 5.32 Å². The van der Waals surface area contributed by atoms with Crippen LogP contribution in [0.2, 0.25) is 0 Å². The van der Waals surface area contributed by atoms with E-state index in [4.69, 9.17) is 5.73 Å². The van der Waals surface area contributed by atoms with Crippen molar-refractivity contribution in [1.29, 1.82) is 0 Å². The number of nitrogens with one attached hydrogen (secondary N) is 1. The van der Waals surface area contributed by atoms with E-state index in [1.54, 1.807) is 0 Å². The van der Waals surface area contributed by atoms with Crippen LogP contribution >= 0.6 is 0 Å². The number of carbonyl (C=O) groups is 1. The lowest BCUT2D eigenvalue weighted by Crippen LogP contribution is -2.45. The first-order valence-electron chi connectivity index (χ1n) is 7.00. The minimum absolute atomic E-state index is 0.169. The van der Waals surface area contributed by atoms with Crippen molar-refractivity contribution >= 4 is 5.91 Å². The van der Waals surface area contributed by atoms with Gasteiger partial charge >= 0.3 is 0 Å². The molecule has 0 unspecified atom stereocenters. The van der Waals surface area contributed by atoms with E-state index in [-0.39, 0.29) is 11.3 Å². The van der Waals surface area contributed by atoms with Crippen molar-refractivity contribution in [3.8, 4) is 0 Å². The van der Waals surface area contributed by atoms with Gasteiger partial charge in [-0.1, -0.05) is 27.2 Å². The topological polar surface area (TPSA) is 55.1 Å². The van der Waals surface area contributed by atoms with Crippen molar-refractivity contribution in [2.75, 3.05) is 6.54 Å². The zero-order valence-electron chi connectivity index (χ0n) is 11.6. The minimum atomic E-state index is -0.323. The molecule has 1 aliphatic carbocycles. The lowest BCUT2D eigenvalue weighted by Gasteiger charge is -2.31. The molecule has 0 aliphatic heterocycles. The van der Waals surface area contributed by atoms with Crippen LogP contribution in [0, 0.1) is 11.3 Å². The maximum atomic E-state index is 12.1. The molecule has 0 aromatic heterocycles. The molecule has 1 saturated carbocycles. The zero-order chi connectivity index (χ0) is 12.9. The highest BCUT2D eigenvalue weighted by Crippen LogP contribution is 2.27. The minimum Gasteiger partial charge on any atom is -0.353 e. The van der Waals surface area contributed by atoms with E-state index in [1.165, 1.54) is 19.3 Å². The van der Waals surface area contributed by atoms with Gasteiger partial charge in [-0.2, -0.15) is 0 Å². The molecular weight excluding hydrogens is 212 g/mol. The summed E-state index contributed by atoms with van der Waals surface area (Å²) in [5.41, 5.74) is 5.22. The van der Waals surface area contributed by atoms with E-state index < -0.39 is 0 Å². The Kier molecular flexibility index (Phi) is 5.44. The monoisotopic (exact) mass is 240 g/mol. The quantitative estimate of drug-likeness (QED) is 0.775. The van der Waals surface area contributed by atoms with Gasteiger partial charge < -0.3 is 11.1 Å². The second-order valence-electron chi connectivity index (χ2n) is 6.02. The highest BCUT2D eigenvalue weighted by molar-refractivity contribution is 5.82. The second-order valence-corrected chi connectivity index (χ2v) is 6.02. The van der Waals surface area contributed by atoms with Crippen LogP contribution in [0.3, 0.4) is 0 Å². The van der Waals surface area contributed by atoms with E-state index in [2.05, 4.69) is 12.2 Å². The van der Waals surface area contributed by atoms with E-state index in [1.807, 2.05) is 13.8 Å². The lowest BCUT2D eigenvalue weighted by atomic mass is 9.83.